The van der Waals surface area contributed by atoms with Crippen molar-refractivity contribution in [1.29, 1.82) is 0 Å². The van der Waals surface area contributed by atoms with Crippen molar-refractivity contribution >= 4 is 11.9 Å². The molecule has 0 amide bonds. The summed E-state index contributed by atoms with van der Waals surface area (Å²) in [4.78, 5) is 22.0. The van der Waals surface area contributed by atoms with Gasteiger partial charge in [0.2, 0.25) is 0 Å². The topological polar surface area (TPSA) is 63.6 Å². The van der Waals surface area contributed by atoms with Crippen LogP contribution in [0.25, 0.3) is 0 Å². The quantitative estimate of drug-likeness (QED) is 0.608. The normalized spacial score (nSPS) is 30.0. The molecule has 1 N–H and O–H groups in total. The number of carboxylic acids is 1. The average Bonchev–Trinajstić information content (AvgIpc) is 2.74. The number of rotatable bonds is 2. The van der Waals surface area contributed by atoms with Crippen LogP contribution in [-0.2, 0) is 14.3 Å². The smallest absolute Gasteiger partial charge is 0.334 e. The zero-order chi connectivity index (χ0) is 13.8. The molecule has 2 atom stereocenters. The molecule has 4 nitrogen and oxygen atoms in total. The third-order valence-corrected chi connectivity index (χ3v) is 3.41. The zero-order valence-electron chi connectivity index (χ0n) is 11.2. The molecule has 2 rings (SSSR count). The van der Waals surface area contributed by atoms with Crippen LogP contribution in [0.4, 0.5) is 0 Å². The van der Waals surface area contributed by atoms with Crippen molar-refractivity contribution < 1.29 is 19.4 Å². The van der Waals surface area contributed by atoms with Gasteiger partial charge in [-0.15, -0.1) is 0 Å². The molecule has 0 radical (unpaired) electrons. The van der Waals surface area contributed by atoms with Crippen LogP contribution in [0.15, 0.2) is 12.2 Å². The molecule has 1 aliphatic heterocycles. The number of hydrogen-bond acceptors (Lipinski definition) is 3. The van der Waals surface area contributed by atoms with Gasteiger partial charge in [0.15, 0.2) is 0 Å². The van der Waals surface area contributed by atoms with Crippen molar-refractivity contribution in [2.24, 2.45) is 5.92 Å². The highest BCUT2D eigenvalue weighted by molar-refractivity contribution is 5.90. The minimum Gasteiger partial charge on any atom is -0.481 e. The highest BCUT2D eigenvalue weighted by atomic mass is 16.6. The number of hydrogen-bond donors (Lipinski definition) is 1. The van der Waals surface area contributed by atoms with E-state index in [-0.39, 0.29) is 18.3 Å². The first-order valence-electron chi connectivity index (χ1n) is 6.58. The molecule has 0 bridgehead atoms. The van der Waals surface area contributed by atoms with Gasteiger partial charge in [-0.25, -0.2) is 4.79 Å². The Morgan fingerprint density at radius 3 is 2.61 bits per heavy atom. The van der Waals surface area contributed by atoms with Gasteiger partial charge in [-0.1, -0.05) is 26.8 Å². The molecule has 2 fully saturated rings. The molecular formula is C14H22O4. The monoisotopic (exact) mass is 254 g/mol. The van der Waals surface area contributed by atoms with Crippen LogP contribution in [0.3, 0.4) is 0 Å². The largest absolute Gasteiger partial charge is 0.481 e. The summed E-state index contributed by atoms with van der Waals surface area (Å²) in [6.45, 7) is 7.90. The van der Waals surface area contributed by atoms with Crippen LogP contribution in [0.5, 0.6) is 0 Å². The number of esters is 1. The second kappa shape index (κ2) is 6.03. The van der Waals surface area contributed by atoms with Gasteiger partial charge in [0.25, 0.3) is 0 Å². The summed E-state index contributed by atoms with van der Waals surface area (Å²) < 4.78 is 5.33. The van der Waals surface area contributed by atoms with Gasteiger partial charge in [-0.2, -0.15) is 0 Å². The van der Waals surface area contributed by atoms with Crippen molar-refractivity contribution in [2.75, 3.05) is 0 Å². The molecule has 2 unspecified atom stereocenters. The van der Waals surface area contributed by atoms with E-state index in [2.05, 4.69) is 20.4 Å². The number of aliphatic carboxylic acids is 1. The van der Waals surface area contributed by atoms with E-state index in [1.807, 2.05) is 0 Å². The predicted octanol–water partition coefficient (Wildman–Crippen LogP) is 2.92. The molecule has 102 valence electrons. The number of carboxylic acid groups (broad SMARTS) is 1. The maximum absolute atomic E-state index is 11.3. The molecule has 0 aromatic carbocycles. The Hall–Kier alpha value is -1.32. The van der Waals surface area contributed by atoms with Crippen molar-refractivity contribution in [3.8, 4) is 0 Å². The number of carbonyl (C=O) groups is 2. The van der Waals surface area contributed by atoms with E-state index < -0.39 is 11.6 Å². The molecule has 0 aromatic heterocycles. The highest BCUT2D eigenvalue weighted by Gasteiger charge is 2.51. The molecule has 1 saturated heterocycles. The first-order valence-corrected chi connectivity index (χ1v) is 6.58. The summed E-state index contributed by atoms with van der Waals surface area (Å²) in [6.07, 6.45) is 4.37. The van der Waals surface area contributed by atoms with Crippen molar-refractivity contribution in [3.63, 3.8) is 0 Å². The fourth-order valence-corrected chi connectivity index (χ4v) is 2.71. The van der Waals surface area contributed by atoms with Gasteiger partial charge < -0.3 is 9.84 Å². The van der Waals surface area contributed by atoms with Gasteiger partial charge in [0, 0.05) is 17.9 Å². The third-order valence-electron chi connectivity index (χ3n) is 3.41. The lowest BCUT2D eigenvalue weighted by Crippen LogP contribution is -2.34. The second-order valence-electron chi connectivity index (χ2n) is 5.13. The van der Waals surface area contributed by atoms with Gasteiger partial charge in [0.05, 0.1) is 6.42 Å². The van der Waals surface area contributed by atoms with Crippen LogP contribution in [0, 0.1) is 5.92 Å². The van der Waals surface area contributed by atoms with Crippen LogP contribution in [0.2, 0.25) is 0 Å². The van der Waals surface area contributed by atoms with E-state index >= 15 is 0 Å². The van der Waals surface area contributed by atoms with Crippen molar-refractivity contribution in [1.82, 2.24) is 0 Å². The Kier molecular flexibility index (Phi) is 4.93. The van der Waals surface area contributed by atoms with Gasteiger partial charge in [-0.05, 0) is 19.3 Å². The minimum atomic E-state index is -0.824. The lowest BCUT2D eigenvalue weighted by Gasteiger charge is -2.28. The van der Waals surface area contributed by atoms with Gasteiger partial charge >= 0.3 is 11.9 Å². The predicted molar refractivity (Wildman–Crippen MR) is 68.1 cm³/mol. The molecule has 0 aromatic rings. The Bertz CT molecular complexity index is 330. The summed E-state index contributed by atoms with van der Waals surface area (Å²) >= 11 is 0. The van der Waals surface area contributed by atoms with Crippen molar-refractivity contribution in [3.05, 3.63) is 12.2 Å². The van der Waals surface area contributed by atoms with E-state index in [1.165, 1.54) is 6.42 Å². The lowest BCUT2D eigenvalue weighted by molar-refractivity contribution is -0.153. The van der Waals surface area contributed by atoms with Crippen LogP contribution in [-0.4, -0.2) is 22.6 Å². The summed E-state index contributed by atoms with van der Waals surface area (Å²) in [6, 6.07) is 0. The molecule has 1 spiro atoms. The standard InChI is InChI=1S/C11H14O4.C3H8/c1-7-6-11(15-10(7)14)4-2-3-8(11)5-9(12)13;1-3-2/h8H,1-6H2,(H,12,13);3H2,1-2H3. The highest BCUT2D eigenvalue weighted by Crippen LogP contribution is 2.48. The van der Waals surface area contributed by atoms with Gasteiger partial charge in [0.1, 0.15) is 5.60 Å². The van der Waals surface area contributed by atoms with Crippen LogP contribution < -0.4 is 0 Å². The first kappa shape index (κ1) is 14.7. The molecule has 1 saturated carbocycles. The zero-order valence-corrected chi connectivity index (χ0v) is 11.2. The Morgan fingerprint density at radius 2 is 2.17 bits per heavy atom. The molecule has 2 aliphatic rings. The summed E-state index contributed by atoms with van der Waals surface area (Å²) in [5.74, 6) is -1.22. The van der Waals surface area contributed by atoms with Crippen LogP contribution >= 0.6 is 0 Å². The van der Waals surface area contributed by atoms with Gasteiger partial charge in [-0.3, -0.25) is 4.79 Å². The van der Waals surface area contributed by atoms with E-state index in [4.69, 9.17) is 9.84 Å². The van der Waals surface area contributed by atoms with Crippen molar-refractivity contribution in [2.45, 2.75) is 58.0 Å². The third kappa shape index (κ3) is 3.12. The first-order chi connectivity index (χ1) is 8.45. The molecule has 18 heavy (non-hydrogen) atoms. The fourth-order valence-electron chi connectivity index (χ4n) is 2.71. The summed E-state index contributed by atoms with van der Waals surface area (Å²) in [7, 11) is 0. The van der Waals surface area contributed by atoms with Crippen LogP contribution in [0.1, 0.15) is 52.4 Å². The SMILES string of the molecule is C=C1CC2(CCCC2CC(=O)O)OC1=O.CCC. The Labute approximate surface area is 108 Å². The second-order valence-corrected chi connectivity index (χ2v) is 5.13. The maximum Gasteiger partial charge on any atom is 0.334 e. The minimum absolute atomic E-state index is 0.0433. The maximum atomic E-state index is 11.3. The summed E-state index contributed by atoms with van der Waals surface area (Å²) in [5, 5.41) is 8.79. The fraction of sp³-hybridized carbons (Fsp3) is 0.714. The summed E-state index contributed by atoms with van der Waals surface area (Å²) in [5.41, 5.74) is -0.0701. The van der Waals surface area contributed by atoms with E-state index in [9.17, 15) is 9.59 Å². The molecule has 4 heteroatoms. The number of ether oxygens (including phenoxy) is 1. The Balaban J connectivity index is 0.000000492. The number of carbonyl (C=O) groups excluding carboxylic acids is 1. The molecular weight excluding hydrogens is 232 g/mol. The van der Waals surface area contributed by atoms with E-state index in [1.54, 1.807) is 0 Å². The Morgan fingerprint density at radius 1 is 1.56 bits per heavy atom. The van der Waals surface area contributed by atoms with E-state index in [0.29, 0.717) is 12.0 Å². The molecule has 1 aliphatic carbocycles. The average molecular weight is 254 g/mol. The molecule has 1 heterocycles. The lowest BCUT2D eigenvalue weighted by atomic mass is 9.85. The van der Waals surface area contributed by atoms with E-state index in [0.717, 1.165) is 19.3 Å².